The second-order valence-electron chi connectivity index (χ2n) is 5.20. The number of nitrogens with one attached hydrogen (secondary N) is 2. The molecule has 0 atom stereocenters. The molecule has 2 N–H and O–H groups in total. The number of anilines is 1. The summed E-state index contributed by atoms with van der Waals surface area (Å²) in [6, 6.07) is 1.65. The van der Waals surface area contributed by atoms with Crippen molar-refractivity contribution in [1.82, 2.24) is 15.3 Å². The molecule has 0 aliphatic carbocycles. The minimum absolute atomic E-state index is 0.402. The Kier molecular flexibility index (Phi) is 6.01. The van der Waals surface area contributed by atoms with Crippen molar-refractivity contribution >= 4 is 23.5 Å². The van der Waals surface area contributed by atoms with Gasteiger partial charge in [-0.15, -0.1) is 0 Å². The fourth-order valence-corrected chi connectivity index (χ4v) is 1.58. The van der Waals surface area contributed by atoms with Crippen LogP contribution in [0.5, 0.6) is 0 Å². The normalized spacial score (nSPS) is 11.1. The first kappa shape index (κ1) is 16.5. The number of rotatable bonds is 5. The van der Waals surface area contributed by atoms with Crippen LogP contribution in [0.2, 0.25) is 5.15 Å². The highest BCUT2D eigenvalue weighted by molar-refractivity contribution is 6.29. The molecule has 0 aromatic carbocycles. The van der Waals surface area contributed by atoms with Gasteiger partial charge in [-0.25, -0.2) is 14.8 Å². The summed E-state index contributed by atoms with van der Waals surface area (Å²) < 4.78 is 5.12. The van der Waals surface area contributed by atoms with E-state index in [2.05, 4.69) is 20.6 Å². The molecule has 112 valence electrons. The molecular weight excluding hydrogens is 280 g/mol. The summed E-state index contributed by atoms with van der Waals surface area (Å²) in [6.45, 7) is 8.37. The third-order valence-corrected chi connectivity index (χ3v) is 2.35. The molecule has 1 heterocycles. The fraction of sp³-hybridized carbons (Fsp3) is 0.615. The molecule has 20 heavy (non-hydrogen) atoms. The molecule has 0 saturated carbocycles. The molecule has 7 heteroatoms. The van der Waals surface area contributed by atoms with Crippen LogP contribution in [0.15, 0.2) is 6.07 Å². The largest absolute Gasteiger partial charge is 0.444 e. The molecule has 0 aliphatic rings. The Balaban J connectivity index is 2.34. The van der Waals surface area contributed by atoms with Crippen molar-refractivity contribution in [2.24, 2.45) is 0 Å². The lowest BCUT2D eigenvalue weighted by Crippen LogP contribution is -2.35. The van der Waals surface area contributed by atoms with Crippen LogP contribution in [0, 0.1) is 0 Å². The Morgan fingerprint density at radius 2 is 2.05 bits per heavy atom. The summed E-state index contributed by atoms with van der Waals surface area (Å²) in [4.78, 5) is 19.8. The lowest BCUT2D eigenvalue weighted by Gasteiger charge is -2.19. The number of aromatic nitrogens is 2. The van der Waals surface area contributed by atoms with Crippen molar-refractivity contribution in [1.29, 1.82) is 0 Å². The van der Waals surface area contributed by atoms with E-state index >= 15 is 0 Å². The van der Waals surface area contributed by atoms with Crippen LogP contribution in [-0.2, 0) is 11.2 Å². The van der Waals surface area contributed by atoms with Crippen LogP contribution in [-0.4, -0.2) is 34.8 Å². The second-order valence-corrected chi connectivity index (χ2v) is 5.59. The number of amides is 1. The zero-order valence-electron chi connectivity index (χ0n) is 12.3. The standard InChI is InChI=1S/C13H21ClN4O2/c1-5-10-17-9(14)8-11(18-10)15-6-7-16-12(19)20-13(2,3)4/h8H,5-7H2,1-4H3,(H,16,19)(H,15,17,18). The van der Waals surface area contributed by atoms with Gasteiger partial charge in [0.25, 0.3) is 0 Å². The average molecular weight is 301 g/mol. The molecule has 1 rings (SSSR count). The zero-order valence-corrected chi connectivity index (χ0v) is 13.0. The summed E-state index contributed by atoms with van der Waals surface area (Å²) in [5.41, 5.74) is -0.492. The number of carbonyl (C=O) groups is 1. The number of hydrogen-bond donors (Lipinski definition) is 2. The van der Waals surface area contributed by atoms with E-state index in [4.69, 9.17) is 16.3 Å². The smallest absolute Gasteiger partial charge is 0.407 e. The Morgan fingerprint density at radius 1 is 1.35 bits per heavy atom. The average Bonchev–Trinajstić information content (AvgIpc) is 2.32. The van der Waals surface area contributed by atoms with Gasteiger partial charge in [0, 0.05) is 25.6 Å². The van der Waals surface area contributed by atoms with E-state index in [1.165, 1.54) is 0 Å². The van der Waals surface area contributed by atoms with Gasteiger partial charge >= 0.3 is 6.09 Å². The summed E-state index contributed by atoms with van der Waals surface area (Å²) in [6.07, 6.45) is 0.278. The lowest BCUT2D eigenvalue weighted by molar-refractivity contribution is 0.0530. The van der Waals surface area contributed by atoms with E-state index in [-0.39, 0.29) is 0 Å². The predicted molar refractivity (Wildman–Crippen MR) is 79.1 cm³/mol. The maximum Gasteiger partial charge on any atom is 0.407 e. The first-order valence-corrected chi connectivity index (χ1v) is 6.92. The molecule has 1 aromatic rings. The maximum atomic E-state index is 11.4. The highest BCUT2D eigenvalue weighted by Crippen LogP contribution is 2.11. The van der Waals surface area contributed by atoms with Gasteiger partial charge in [-0.2, -0.15) is 0 Å². The van der Waals surface area contributed by atoms with E-state index in [1.807, 2.05) is 27.7 Å². The number of halogens is 1. The number of hydrogen-bond acceptors (Lipinski definition) is 5. The molecule has 0 spiro atoms. The zero-order chi connectivity index (χ0) is 15.2. The fourth-order valence-electron chi connectivity index (χ4n) is 1.38. The Morgan fingerprint density at radius 3 is 2.65 bits per heavy atom. The minimum atomic E-state index is -0.492. The summed E-state index contributed by atoms with van der Waals surface area (Å²) in [5.74, 6) is 1.33. The van der Waals surface area contributed by atoms with Crippen LogP contribution in [0.3, 0.4) is 0 Å². The Bertz CT molecular complexity index is 460. The molecule has 0 unspecified atom stereocenters. The van der Waals surface area contributed by atoms with Crippen molar-refractivity contribution in [2.75, 3.05) is 18.4 Å². The molecule has 0 aliphatic heterocycles. The van der Waals surface area contributed by atoms with Gasteiger partial charge in [-0.3, -0.25) is 0 Å². The van der Waals surface area contributed by atoms with Crippen molar-refractivity contribution in [2.45, 2.75) is 39.7 Å². The van der Waals surface area contributed by atoms with Gasteiger partial charge in [0.15, 0.2) is 0 Å². The summed E-state index contributed by atoms with van der Waals surface area (Å²) in [5, 5.41) is 6.13. The van der Waals surface area contributed by atoms with Gasteiger partial charge in [-0.05, 0) is 20.8 Å². The SMILES string of the molecule is CCc1nc(Cl)cc(NCCNC(=O)OC(C)(C)C)n1. The lowest BCUT2D eigenvalue weighted by atomic mass is 10.2. The number of carbonyl (C=O) groups excluding carboxylic acids is 1. The summed E-state index contributed by atoms with van der Waals surface area (Å²) >= 11 is 5.88. The maximum absolute atomic E-state index is 11.4. The first-order valence-electron chi connectivity index (χ1n) is 6.54. The van der Waals surface area contributed by atoms with E-state index in [9.17, 15) is 4.79 Å². The number of nitrogens with zero attached hydrogens (tertiary/aromatic N) is 2. The Hall–Kier alpha value is -1.56. The number of aryl methyl sites for hydroxylation is 1. The van der Waals surface area contributed by atoms with Crippen LogP contribution in [0.1, 0.15) is 33.5 Å². The minimum Gasteiger partial charge on any atom is -0.444 e. The van der Waals surface area contributed by atoms with Crippen LogP contribution >= 0.6 is 11.6 Å². The van der Waals surface area contributed by atoms with Gasteiger partial charge in [-0.1, -0.05) is 18.5 Å². The third kappa shape index (κ3) is 6.56. The highest BCUT2D eigenvalue weighted by Gasteiger charge is 2.15. The summed E-state index contributed by atoms with van der Waals surface area (Å²) in [7, 11) is 0. The molecule has 0 radical (unpaired) electrons. The van der Waals surface area contributed by atoms with Gasteiger partial charge < -0.3 is 15.4 Å². The molecule has 0 saturated heterocycles. The first-order chi connectivity index (χ1) is 9.30. The molecule has 1 aromatic heterocycles. The Labute approximate surface area is 124 Å². The van der Waals surface area contributed by atoms with Crippen LogP contribution in [0.4, 0.5) is 10.6 Å². The third-order valence-electron chi connectivity index (χ3n) is 2.16. The number of ether oxygens (including phenoxy) is 1. The van der Waals surface area contributed by atoms with Crippen molar-refractivity contribution < 1.29 is 9.53 Å². The number of alkyl carbamates (subject to hydrolysis) is 1. The van der Waals surface area contributed by atoms with Crippen molar-refractivity contribution in [3.8, 4) is 0 Å². The van der Waals surface area contributed by atoms with Gasteiger partial charge in [0.2, 0.25) is 0 Å². The van der Waals surface area contributed by atoms with E-state index in [1.54, 1.807) is 6.07 Å². The van der Waals surface area contributed by atoms with Crippen molar-refractivity contribution in [3.63, 3.8) is 0 Å². The van der Waals surface area contributed by atoms with Gasteiger partial charge in [0.05, 0.1) is 0 Å². The van der Waals surface area contributed by atoms with Crippen molar-refractivity contribution in [3.05, 3.63) is 17.0 Å². The topological polar surface area (TPSA) is 76.1 Å². The monoisotopic (exact) mass is 300 g/mol. The van der Waals surface area contributed by atoms with E-state index in [0.29, 0.717) is 36.3 Å². The second kappa shape index (κ2) is 7.28. The molecular formula is C13H21ClN4O2. The quantitative estimate of drug-likeness (QED) is 0.646. The van der Waals surface area contributed by atoms with Crippen LogP contribution < -0.4 is 10.6 Å². The van der Waals surface area contributed by atoms with E-state index in [0.717, 1.165) is 0 Å². The molecule has 0 bridgehead atoms. The predicted octanol–water partition coefficient (Wildman–Crippen LogP) is 2.63. The molecule has 6 nitrogen and oxygen atoms in total. The molecule has 1 amide bonds. The van der Waals surface area contributed by atoms with Gasteiger partial charge in [0.1, 0.15) is 22.4 Å². The highest BCUT2D eigenvalue weighted by atomic mass is 35.5. The van der Waals surface area contributed by atoms with Crippen LogP contribution in [0.25, 0.3) is 0 Å². The van der Waals surface area contributed by atoms with E-state index < -0.39 is 11.7 Å². The molecule has 0 fully saturated rings.